The van der Waals surface area contributed by atoms with Crippen molar-refractivity contribution in [3.8, 4) is 5.69 Å². The molecule has 0 aliphatic heterocycles. The van der Waals surface area contributed by atoms with Gasteiger partial charge in [0.1, 0.15) is 11.6 Å². The first-order valence-corrected chi connectivity index (χ1v) is 6.37. The monoisotopic (exact) mass is 300 g/mol. The van der Waals surface area contributed by atoms with Crippen molar-refractivity contribution in [2.45, 2.75) is 0 Å². The Hall–Kier alpha value is -3.09. The number of nitrogens with one attached hydrogen (secondary N) is 1. The molecule has 0 spiro atoms. The lowest BCUT2D eigenvalue weighted by Gasteiger charge is -2.04. The molecule has 3 aromatic rings. The minimum atomic E-state index is -0.858. The molecule has 0 aliphatic carbocycles. The van der Waals surface area contributed by atoms with Gasteiger partial charge >= 0.3 is 0 Å². The third kappa shape index (κ3) is 2.83. The SMILES string of the molecule is O=C(Nc1ccc(F)cc1F)c1cn(-c2ccccc2)nn1. The summed E-state index contributed by atoms with van der Waals surface area (Å²) >= 11 is 0. The second kappa shape index (κ2) is 5.72. The number of halogens is 2. The summed E-state index contributed by atoms with van der Waals surface area (Å²) in [7, 11) is 0. The number of nitrogens with zero attached hydrogens (tertiary/aromatic N) is 3. The summed E-state index contributed by atoms with van der Waals surface area (Å²) in [4.78, 5) is 12.0. The number of aromatic nitrogens is 3. The Morgan fingerprint density at radius 1 is 1.09 bits per heavy atom. The van der Waals surface area contributed by atoms with Crippen molar-refractivity contribution < 1.29 is 13.6 Å². The van der Waals surface area contributed by atoms with E-state index in [4.69, 9.17) is 0 Å². The number of benzene rings is 2. The van der Waals surface area contributed by atoms with E-state index in [9.17, 15) is 13.6 Å². The van der Waals surface area contributed by atoms with E-state index < -0.39 is 17.5 Å². The number of hydrogen-bond donors (Lipinski definition) is 1. The molecule has 110 valence electrons. The molecule has 0 unspecified atom stereocenters. The smallest absolute Gasteiger partial charge is 0.277 e. The van der Waals surface area contributed by atoms with E-state index in [0.717, 1.165) is 17.8 Å². The van der Waals surface area contributed by atoms with E-state index in [1.54, 1.807) is 12.1 Å². The summed E-state index contributed by atoms with van der Waals surface area (Å²) < 4.78 is 27.7. The van der Waals surface area contributed by atoms with Crippen molar-refractivity contribution in [3.05, 3.63) is 72.1 Å². The maximum absolute atomic E-state index is 13.5. The van der Waals surface area contributed by atoms with Crippen LogP contribution in [0.5, 0.6) is 0 Å². The molecule has 7 heteroatoms. The Morgan fingerprint density at radius 2 is 1.86 bits per heavy atom. The van der Waals surface area contributed by atoms with E-state index >= 15 is 0 Å². The lowest BCUT2D eigenvalue weighted by Crippen LogP contribution is -2.13. The third-order valence-electron chi connectivity index (χ3n) is 2.93. The molecule has 0 bridgehead atoms. The molecule has 0 atom stereocenters. The van der Waals surface area contributed by atoms with Gasteiger partial charge in [-0.15, -0.1) is 5.10 Å². The molecule has 2 aromatic carbocycles. The van der Waals surface area contributed by atoms with Crippen LogP contribution < -0.4 is 5.32 Å². The highest BCUT2D eigenvalue weighted by Crippen LogP contribution is 2.16. The summed E-state index contributed by atoms with van der Waals surface area (Å²) in [6.45, 7) is 0. The van der Waals surface area contributed by atoms with Gasteiger partial charge in [0, 0.05) is 6.07 Å². The molecule has 1 amide bonds. The van der Waals surface area contributed by atoms with Crippen molar-refractivity contribution in [2.24, 2.45) is 0 Å². The first kappa shape index (κ1) is 13.9. The largest absolute Gasteiger partial charge is 0.318 e. The number of para-hydroxylation sites is 1. The van der Waals surface area contributed by atoms with Crippen LogP contribution in [0.2, 0.25) is 0 Å². The normalized spacial score (nSPS) is 10.5. The molecule has 3 rings (SSSR count). The molecule has 0 saturated heterocycles. The Bertz CT molecular complexity index is 817. The van der Waals surface area contributed by atoms with Gasteiger partial charge in [-0.1, -0.05) is 23.4 Å². The van der Waals surface area contributed by atoms with Gasteiger partial charge in [-0.2, -0.15) is 0 Å². The molecule has 0 aliphatic rings. The fourth-order valence-electron chi connectivity index (χ4n) is 1.85. The van der Waals surface area contributed by atoms with Crippen LogP contribution >= 0.6 is 0 Å². The lowest BCUT2D eigenvalue weighted by molar-refractivity contribution is 0.102. The predicted molar refractivity (Wildman–Crippen MR) is 75.7 cm³/mol. The van der Waals surface area contributed by atoms with Gasteiger partial charge < -0.3 is 5.32 Å². The number of carbonyl (C=O) groups is 1. The molecule has 1 N–H and O–H groups in total. The minimum absolute atomic E-state index is 0.0209. The Morgan fingerprint density at radius 3 is 2.59 bits per heavy atom. The summed E-state index contributed by atoms with van der Waals surface area (Å²) in [5.74, 6) is -2.21. The zero-order valence-electron chi connectivity index (χ0n) is 11.2. The summed E-state index contributed by atoms with van der Waals surface area (Å²) in [6.07, 6.45) is 1.42. The van der Waals surface area contributed by atoms with Gasteiger partial charge in [-0.05, 0) is 24.3 Å². The maximum Gasteiger partial charge on any atom is 0.277 e. The van der Waals surface area contributed by atoms with Crippen molar-refractivity contribution in [1.82, 2.24) is 15.0 Å². The quantitative estimate of drug-likeness (QED) is 0.809. The molecule has 0 radical (unpaired) electrons. The fourth-order valence-corrected chi connectivity index (χ4v) is 1.85. The third-order valence-corrected chi connectivity index (χ3v) is 2.93. The summed E-state index contributed by atoms with van der Waals surface area (Å²) in [5.41, 5.74) is 0.634. The van der Waals surface area contributed by atoms with Gasteiger partial charge in [0.2, 0.25) is 0 Å². The van der Waals surface area contributed by atoms with Gasteiger partial charge in [-0.25, -0.2) is 13.5 Å². The summed E-state index contributed by atoms with van der Waals surface area (Å²) in [6, 6.07) is 12.0. The zero-order valence-corrected chi connectivity index (χ0v) is 11.2. The minimum Gasteiger partial charge on any atom is -0.318 e. The maximum atomic E-state index is 13.5. The number of anilines is 1. The van der Waals surface area contributed by atoms with Crippen LogP contribution in [0.1, 0.15) is 10.5 Å². The van der Waals surface area contributed by atoms with Crippen molar-refractivity contribution in [3.63, 3.8) is 0 Å². The molecule has 5 nitrogen and oxygen atoms in total. The standard InChI is InChI=1S/C15H10F2N4O/c16-10-6-7-13(12(17)8-10)18-15(22)14-9-21(20-19-14)11-4-2-1-3-5-11/h1-9H,(H,18,22). The highest BCUT2D eigenvalue weighted by Gasteiger charge is 2.14. The van der Waals surface area contributed by atoms with Crippen LogP contribution in [-0.4, -0.2) is 20.9 Å². The Kier molecular flexibility index (Phi) is 3.61. The molecule has 1 heterocycles. The number of hydrogen-bond acceptors (Lipinski definition) is 3. The molecule has 22 heavy (non-hydrogen) atoms. The highest BCUT2D eigenvalue weighted by molar-refractivity contribution is 6.02. The molecular formula is C15H10F2N4O. The number of amides is 1. The van der Waals surface area contributed by atoms with Crippen LogP contribution in [0.4, 0.5) is 14.5 Å². The number of carbonyl (C=O) groups excluding carboxylic acids is 1. The van der Waals surface area contributed by atoms with E-state index in [1.807, 2.05) is 18.2 Å². The van der Waals surface area contributed by atoms with Crippen LogP contribution in [0, 0.1) is 11.6 Å². The van der Waals surface area contributed by atoms with Crippen molar-refractivity contribution in [1.29, 1.82) is 0 Å². The number of rotatable bonds is 3. The highest BCUT2D eigenvalue weighted by atomic mass is 19.1. The topological polar surface area (TPSA) is 59.8 Å². The zero-order chi connectivity index (χ0) is 15.5. The van der Waals surface area contributed by atoms with Crippen molar-refractivity contribution >= 4 is 11.6 Å². The predicted octanol–water partition coefficient (Wildman–Crippen LogP) is 2.80. The van der Waals surface area contributed by atoms with Gasteiger partial charge in [0.25, 0.3) is 5.91 Å². The van der Waals surface area contributed by atoms with Gasteiger partial charge in [0.15, 0.2) is 5.69 Å². The lowest BCUT2D eigenvalue weighted by atomic mass is 10.3. The first-order valence-electron chi connectivity index (χ1n) is 6.37. The van der Waals surface area contributed by atoms with Crippen LogP contribution in [0.15, 0.2) is 54.7 Å². The van der Waals surface area contributed by atoms with Crippen LogP contribution in [0.3, 0.4) is 0 Å². The van der Waals surface area contributed by atoms with E-state index in [1.165, 1.54) is 10.9 Å². The Balaban J connectivity index is 1.80. The molecular weight excluding hydrogens is 290 g/mol. The van der Waals surface area contributed by atoms with E-state index in [-0.39, 0.29) is 11.4 Å². The molecule has 0 saturated carbocycles. The van der Waals surface area contributed by atoms with Gasteiger partial charge in [-0.3, -0.25) is 4.79 Å². The summed E-state index contributed by atoms with van der Waals surface area (Å²) in [5, 5.41) is 9.90. The molecule has 0 fully saturated rings. The second-order valence-corrected chi connectivity index (χ2v) is 4.46. The fraction of sp³-hybridized carbons (Fsp3) is 0. The van der Waals surface area contributed by atoms with Crippen LogP contribution in [-0.2, 0) is 0 Å². The molecule has 1 aromatic heterocycles. The second-order valence-electron chi connectivity index (χ2n) is 4.46. The van der Waals surface area contributed by atoms with E-state index in [2.05, 4.69) is 15.6 Å². The first-order chi connectivity index (χ1) is 10.6. The average Bonchev–Trinajstić information content (AvgIpc) is 3.01. The van der Waals surface area contributed by atoms with Crippen LogP contribution in [0.25, 0.3) is 5.69 Å². The van der Waals surface area contributed by atoms with Gasteiger partial charge in [0.05, 0.1) is 17.6 Å². The van der Waals surface area contributed by atoms with Crippen molar-refractivity contribution in [2.75, 3.05) is 5.32 Å². The van der Waals surface area contributed by atoms with E-state index in [0.29, 0.717) is 6.07 Å². The average molecular weight is 300 g/mol. The Labute approximate surface area is 124 Å².